The smallest absolute Gasteiger partial charge is 0.273 e. The molecule has 6 nitrogen and oxygen atoms in total. The average Bonchev–Trinajstić information content (AvgIpc) is 3.12. The molecular formula is C23H21N5O. The van der Waals surface area contributed by atoms with Crippen LogP contribution < -0.4 is 11.3 Å². The fourth-order valence-corrected chi connectivity index (χ4v) is 3.21. The minimum Gasteiger partial charge on any atom is -0.384 e. The van der Waals surface area contributed by atoms with Crippen LogP contribution in [0.2, 0.25) is 0 Å². The number of hydrogen-bond acceptors (Lipinski definition) is 4. The zero-order valence-corrected chi connectivity index (χ0v) is 16.3. The lowest BCUT2D eigenvalue weighted by Crippen LogP contribution is -2.19. The van der Waals surface area contributed by atoms with E-state index < -0.39 is 0 Å². The number of aryl methyl sites for hydroxylation is 2. The van der Waals surface area contributed by atoms with Gasteiger partial charge < -0.3 is 5.73 Å². The molecule has 0 saturated carbocycles. The Hall–Kier alpha value is -3.93. The van der Waals surface area contributed by atoms with Gasteiger partial charge in [-0.1, -0.05) is 48.5 Å². The highest BCUT2D eigenvalue weighted by Gasteiger charge is 2.12. The molecule has 2 N–H and O–H groups in total. The van der Waals surface area contributed by atoms with Crippen molar-refractivity contribution in [3.63, 3.8) is 0 Å². The molecular weight excluding hydrogens is 362 g/mol. The second kappa shape index (κ2) is 7.59. The maximum absolute atomic E-state index is 12.3. The van der Waals surface area contributed by atoms with Gasteiger partial charge in [-0.05, 0) is 37.1 Å². The summed E-state index contributed by atoms with van der Waals surface area (Å²) in [6.45, 7) is 3.87. The number of nitrogen functional groups attached to an aromatic ring is 1. The molecule has 4 rings (SSSR count). The molecule has 0 radical (unpaired) electrons. The molecule has 0 fully saturated rings. The van der Waals surface area contributed by atoms with Crippen LogP contribution in [-0.2, 0) is 0 Å². The molecule has 0 unspecified atom stereocenters. The summed E-state index contributed by atoms with van der Waals surface area (Å²) in [7, 11) is 0. The number of nitrogens with zero attached hydrogens (tertiary/aromatic N) is 4. The van der Waals surface area contributed by atoms with E-state index in [-0.39, 0.29) is 5.56 Å². The van der Waals surface area contributed by atoms with Crippen molar-refractivity contribution in [2.45, 2.75) is 13.8 Å². The first-order chi connectivity index (χ1) is 14.0. The predicted octanol–water partition coefficient (Wildman–Crippen LogP) is 3.78. The number of aromatic nitrogens is 3. The van der Waals surface area contributed by atoms with Gasteiger partial charge in [-0.3, -0.25) is 4.79 Å². The van der Waals surface area contributed by atoms with Gasteiger partial charge in [0.25, 0.3) is 5.56 Å². The van der Waals surface area contributed by atoms with E-state index in [1.807, 2.05) is 79.3 Å². The lowest BCUT2D eigenvalue weighted by molar-refractivity contribution is 0.843. The Bertz CT molecular complexity index is 1250. The number of para-hydroxylation sites is 1. The molecule has 4 aromatic rings. The summed E-state index contributed by atoms with van der Waals surface area (Å²) >= 11 is 0. The first kappa shape index (κ1) is 18.4. The van der Waals surface area contributed by atoms with Gasteiger partial charge in [0.1, 0.15) is 11.5 Å². The maximum Gasteiger partial charge on any atom is 0.273 e. The summed E-state index contributed by atoms with van der Waals surface area (Å²) in [5.74, 6) is 0.291. The topological polar surface area (TPSA) is 78.2 Å². The summed E-state index contributed by atoms with van der Waals surface area (Å²) in [4.78, 5) is 12.3. The van der Waals surface area contributed by atoms with E-state index >= 15 is 0 Å². The molecule has 2 aromatic carbocycles. The van der Waals surface area contributed by atoms with Gasteiger partial charge in [0.2, 0.25) is 0 Å². The van der Waals surface area contributed by atoms with Gasteiger partial charge in [0.05, 0.1) is 11.9 Å². The highest BCUT2D eigenvalue weighted by Crippen LogP contribution is 2.23. The Morgan fingerprint density at radius 2 is 1.72 bits per heavy atom. The first-order valence-corrected chi connectivity index (χ1v) is 9.27. The van der Waals surface area contributed by atoms with Gasteiger partial charge in [-0.25, -0.2) is 4.68 Å². The lowest BCUT2D eigenvalue weighted by atomic mass is 10.1. The van der Waals surface area contributed by atoms with Crippen molar-refractivity contribution in [2.24, 2.45) is 5.10 Å². The molecule has 6 heteroatoms. The molecule has 2 heterocycles. The normalized spacial score (nSPS) is 11.2. The van der Waals surface area contributed by atoms with Crippen LogP contribution in [0.15, 0.2) is 82.8 Å². The van der Waals surface area contributed by atoms with Gasteiger partial charge in [-0.15, -0.1) is 0 Å². The molecule has 0 aliphatic carbocycles. The minimum absolute atomic E-state index is 0.272. The van der Waals surface area contributed by atoms with Crippen LogP contribution in [0.5, 0.6) is 0 Å². The number of hydrogen-bond donors (Lipinski definition) is 1. The van der Waals surface area contributed by atoms with Gasteiger partial charge >= 0.3 is 0 Å². The highest BCUT2D eigenvalue weighted by atomic mass is 16.1. The molecule has 0 saturated heterocycles. The third-order valence-corrected chi connectivity index (χ3v) is 4.64. The van der Waals surface area contributed by atoms with E-state index in [0.717, 1.165) is 33.6 Å². The van der Waals surface area contributed by atoms with E-state index in [1.165, 1.54) is 10.7 Å². The summed E-state index contributed by atoms with van der Waals surface area (Å²) in [5, 5.41) is 9.12. The van der Waals surface area contributed by atoms with Crippen molar-refractivity contribution in [3.05, 3.63) is 100.0 Å². The molecule has 0 bridgehead atoms. The fourth-order valence-electron chi connectivity index (χ4n) is 3.21. The van der Waals surface area contributed by atoms with Crippen LogP contribution in [0.4, 0.5) is 5.82 Å². The lowest BCUT2D eigenvalue weighted by Gasteiger charge is -2.04. The molecule has 0 aliphatic heterocycles. The van der Waals surface area contributed by atoms with Crippen LogP contribution in [0, 0.1) is 13.8 Å². The maximum atomic E-state index is 12.3. The zero-order valence-electron chi connectivity index (χ0n) is 16.3. The molecule has 0 spiro atoms. The summed E-state index contributed by atoms with van der Waals surface area (Å²) < 4.78 is 3.02. The van der Waals surface area contributed by atoms with Crippen LogP contribution in [0.25, 0.3) is 16.9 Å². The van der Waals surface area contributed by atoms with Crippen molar-refractivity contribution >= 4 is 12.0 Å². The number of pyridine rings is 1. The number of benzene rings is 2. The van der Waals surface area contributed by atoms with Crippen molar-refractivity contribution in [2.75, 3.05) is 5.73 Å². The molecule has 29 heavy (non-hydrogen) atoms. The van der Waals surface area contributed by atoms with E-state index in [9.17, 15) is 4.79 Å². The van der Waals surface area contributed by atoms with Crippen LogP contribution in [0.1, 0.15) is 16.7 Å². The van der Waals surface area contributed by atoms with E-state index in [0.29, 0.717) is 5.82 Å². The number of anilines is 1. The quantitative estimate of drug-likeness (QED) is 0.545. The standard InChI is InChI=1S/C23H21N5O/c1-16-12-21(24)28(22(29)13-16)25-14-19-15-27(20-11-7-6-8-17(20)2)26-23(19)18-9-4-3-5-10-18/h3-15H,24H2,1-2H3/b25-14-. The van der Waals surface area contributed by atoms with Crippen LogP contribution in [0.3, 0.4) is 0 Å². The average molecular weight is 383 g/mol. The van der Waals surface area contributed by atoms with E-state index in [4.69, 9.17) is 10.8 Å². The minimum atomic E-state index is -0.272. The highest BCUT2D eigenvalue weighted by molar-refractivity contribution is 5.88. The Morgan fingerprint density at radius 1 is 1.00 bits per heavy atom. The van der Waals surface area contributed by atoms with Crippen molar-refractivity contribution in [3.8, 4) is 16.9 Å². The van der Waals surface area contributed by atoms with Gasteiger partial charge in [-0.2, -0.15) is 14.9 Å². The largest absolute Gasteiger partial charge is 0.384 e. The summed E-state index contributed by atoms with van der Waals surface area (Å²) in [6, 6.07) is 21.1. The van der Waals surface area contributed by atoms with Crippen molar-refractivity contribution < 1.29 is 0 Å². The monoisotopic (exact) mass is 383 g/mol. The SMILES string of the molecule is Cc1cc(N)n(/N=C\c2cn(-c3ccccc3C)nc2-c2ccccc2)c(=O)c1. The second-order valence-corrected chi connectivity index (χ2v) is 6.88. The Kier molecular flexibility index (Phi) is 4.83. The van der Waals surface area contributed by atoms with Crippen molar-refractivity contribution in [1.29, 1.82) is 0 Å². The molecule has 0 aliphatic rings. The Labute approximate surface area is 168 Å². The number of rotatable bonds is 4. The van der Waals surface area contributed by atoms with Gasteiger partial charge in [0, 0.05) is 23.4 Å². The predicted molar refractivity (Wildman–Crippen MR) is 117 cm³/mol. The number of nitrogens with two attached hydrogens (primary N) is 1. The summed E-state index contributed by atoms with van der Waals surface area (Å²) in [5.41, 5.74) is 11.1. The summed E-state index contributed by atoms with van der Waals surface area (Å²) in [6.07, 6.45) is 3.53. The van der Waals surface area contributed by atoms with Crippen LogP contribution >= 0.6 is 0 Å². The second-order valence-electron chi connectivity index (χ2n) is 6.88. The molecule has 0 amide bonds. The molecule has 2 aromatic heterocycles. The zero-order chi connectivity index (χ0) is 20.4. The first-order valence-electron chi connectivity index (χ1n) is 9.27. The Morgan fingerprint density at radius 3 is 2.45 bits per heavy atom. The fraction of sp³-hybridized carbons (Fsp3) is 0.0870. The third-order valence-electron chi connectivity index (χ3n) is 4.64. The van der Waals surface area contributed by atoms with Crippen LogP contribution in [-0.4, -0.2) is 20.7 Å². The third kappa shape index (κ3) is 3.73. The Balaban J connectivity index is 1.84. The van der Waals surface area contributed by atoms with Crippen molar-refractivity contribution in [1.82, 2.24) is 14.5 Å². The van der Waals surface area contributed by atoms with E-state index in [1.54, 1.807) is 12.3 Å². The molecule has 0 atom stereocenters. The van der Waals surface area contributed by atoms with E-state index in [2.05, 4.69) is 5.10 Å². The van der Waals surface area contributed by atoms with Gasteiger partial charge in [0.15, 0.2) is 0 Å². The molecule has 144 valence electrons.